The zero-order valence-electron chi connectivity index (χ0n) is 2.29. The molecule has 0 aliphatic carbocycles. The fourth-order valence-electron chi connectivity index (χ4n) is 0. The van der Waals surface area contributed by atoms with Crippen LogP contribution in [-0.2, 0) is 0 Å². The van der Waals surface area contributed by atoms with Crippen molar-refractivity contribution >= 4 is 27.3 Å². The molecule has 0 aromatic rings. The van der Waals surface area contributed by atoms with Crippen molar-refractivity contribution < 1.29 is 21.9 Å². The van der Waals surface area contributed by atoms with Crippen molar-refractivity contribution in [3.63, 3.8) is 0 Å². The van der Waals surface area contributed by atoms with Crippen LogP contribution in [0.1, 0.15) is 0 Å². The van der Waals surface area contributed by atoms with Gasteiger partial charge in [-0.1, -0.05) is 0 Å². The van der Waals surface area contributed by atoms with Crippen molar-refractivity contribution in [2.45, 2.75) is 0 Å². The largest absolute Gasteiger partial charge is 0.870 e. The van der Waals surface area contributed by atoms with Gasteiger partial charge in [0.05, 0.1) is 0 Å². The minimum absolute atomic E-state index is 0. The zero-order valence-corrected chi connectivity index (χ0v) is 6.18. The first-order chi connectivity index (χ1) is 0. The van der Waals surface area contributed by atoms with Crippen molar-refractivity contribution in [2.24, 2.45) is 0 Å². The Balaban J connectivity index is 0. The van der Waals surface area contributed by atoms with Gasteiger partial charge in [-0.15, -0.1) is 0 Å². The molecule has 0 unspecified atom stereocenters. The first kappa shape index (κ1) is 225. The molecule has 0 saturated carbocycles. The van der Waals surface area contributed by atoms with Crippen LogP contribution in [0.3, 0.4) is 0 Å². The minimum atomic E-state index is 0. The predicted molar refractivity (Wildman–Crippen MR) is 13.5 cm³/mol. The van der Waals surface area contributed by atoms with Gasteiger partial charge in [-0.25, -0.2) is 0 Å². The van der Waals surface area contributed by atoms with Crippen LogP contribution >= 0.6 is 0 Å². The quantitative estimate of drug-likeness (QED) is 0.521. The summed E-state index contributed by atoms with van der Waals surface area (Å²) in [5.74, 6) is 0. The van der Waals surface area contributed by atoms with Gasteiger partial charge >= 0.3 is 0 Å². The molecule has 0 spiro atoms. The van der Waals surface area contributed by atoms with E-state index in [0.717, 1.165) is 0 Å². The topological polar surface area (TPSA) is 120 Å². The van der Waals surface area contributed by atoms with E-state index in [4.69, 9.17) is 0 Å². The third-order valence-corrected chi connectivity index (χ3v) is 0. The van der Waals surface area contributed by atoms with E-state index in [9.17, 15) is 0 Å². The molecule has 4 N–H and O–H groups in total. The summed E-state index contributed by atoms with van der Waals surface area (Å²) in [7, 11) is 0. The molecule has 0 atom stereocenters. The van der Waals surface area contributed by atoms with Crippen LogP contribution in [0.15, 0.2) is 0 Å². The summed E-state index contributed by atoms with van der Waals surface area (Å²) >= 11 is 0. The van der Waals surface area contributed by atoms with Crippen molar-refractivity contribution in [1.82, 2.24) is 0 Å². The predicted octanol–water partition coefficient (Wildman–Crippen LogP) is -1.09. The average Bonchev–Trinajstić information content (AvgIpc) is 0. The smallest absolute Gasteiger partial charge is 0 e. The summed E-state index contributed by atoms with van der Waals surface area (Å²) in [4.78, 5) is 0. The van der Waals surface area contributed by atoms with Crippen LogP contribution < -0.4 is 0 Å². The van der Waals surface area contributed by atoms with E-state index in [1.165, 1.54) is 0 Å². The Morgan fingerprint density at radius 3 is 0.400 bits per heavy atom. The molecular formula is H4O4Pb-4. The van der Waals surface area contributed by atoms with Crippen LogP contribution in [0.25, 0.3) is 0 Å². The van der Waals surface area contributed by atoms with Crippen molar-refractivity contribution in [3.8, 4) is 0 Å². The average molecular weight is 275 g/mol. The van der Waals surface area contributed by atoms with Crippen LogP contribution in [0.5, 0.6) is 0 Å². The summed E-state index contributed by atoms with van der Waals surface area (Å²) in [5.41, 5.74) is 0. The van der Waals surface area contributed by atoms with Crippen LogP contribution in [0, 0.1) is 0 Å². The molecule has 4 nitrogen and oxygen atoms in total. The van der Waals surface area contributed by atoms with Crippen molar-refractivity contribution in [2.75, 3.05) is 0 Å². The van der Waals surface area contributed by atoms with E-state index in [1.54, 1.807) is 0 Å². The number of rotatable bonds is 0. The Labute approximate surface area is 49.6 Å². The second kappa shape index (κ2) is 116. The number of hydrogen-bond acceptors (Lipinski definition) is 4. The molecule has 0 bridgehead atoms. The summed E-state index contributed by atoms with van der Waals surface area (Å²) in [6.45, 7) is 0. The Kier molecular flexibility index (Phi) is 5220. The Hall–Kier alpha value is 0.762. The maximum atomic E-state index is 0. The maximum absolute atomic E-state index is 0. The van der Waals surface area contributed by atoms with Gasteiger partial charge in [-0.05, 0) is 0 Å². The Morgan fingerprint density at radius 2 is 0.400 bits per heavy atom. The van der Waals surface area contributed by atoms with Crippen LogP contribution in [-0.4, -0.2) is 49.2 Å². The SMILES string of the molecule is [OH-].[OH-].[OH-].[OH-].[Pb]. The normalized spacial score (nSPS) is 0. The molecule has 5 heteroatoms. The van der Waals surface area contributed by atoms with Crippen LogP contribution in [0.4, 0.5) is 0 Å². The minimum Gasteiger partial charge on any atom is -0.870 e. The first-order valence-corrected chi connectivity index (χ1v) is 0. The molecule has 0 saturated heterocycles. The molecule has 36 valence electrons. The molecule has 0 aromatic heterocycles. The monoisotopic (exact) mass is 276 g/mol. The summed E-state index contributed by atoms with van der Waals surface area (Å²) in [6, 6.07) is 0. The van der Waals surface area contributed by atoms with Gasteiger partial charge < -0.3 is 21.9 Å². The van der Waals surface area contributed by atoms with Gasteiger partial charge in [0.1, 0.15) is 0 Å². The Morgan fingerprint density at radius 1 is 0.400 bits per heavy atom. The van der Waals surface area contributed by atoms with Gasteiger partial charge in [0.2, 0.25) is 0 Å². The van der Waals surface area contributed by atoms with E-state index in [0.29, 0.717) is 0 Å². The fraction of sp³-hybridized carbons (Fsp3) is 0. The van der Waals surface area contributed by atoms with Crippen molar-refractivity contribution in [3.05, 3.63) is 0 Å². The third kappa shape index (κ3) is 62.6. The molecule has 0 heterocycles. The fourth-order valence-corrected chi connectivity index (χ4v) is 0. The molecular weight excluding hydrogens is 271 g/mol. The molecule has 0 aromatic carbocycles. The molecule has 0 aliphatic heterocycles. The second-order valence-electron chi connectivity index (χ2n) is 0. The second-order valence-corrected chi connectivity index (χ2v) is 0. The maximum Gasteiger partial charge on any atom is 0 e. The molecule has 4 radical (unpaired) electrons. The van der Waals surface area contributed by atoms with Crippen LogP contribution in [0.2, 0.25) is 0 Å². The van der Waals surface area contributed by atoms with E-state index >= 15 is 0 Å². The summed E-state index contributed by atoms with van der Waals surface area (Å²) in [6.07, 6.45) is 0. The van der Waals surface area contributed by atoms with Crippen molar-refractivity contribution in [1.29, 1.82) is 0 Å². The standard InChI is InChI=1S/4H2O.Pb/h4*1H2;/p-4. The molecule has 5 heavy (non-hydrogen) atoms. The van der Waals surface area contributed by atoms with Gasteiger partial charge in [0.25, 0.3) is 0 Å². The molecule has 0 amide bonds. The summed E-state index contributed by atoms with van der Waals surface area (Å²) < 4.78 is 0. The van der Waals surface area contributed by atoms with E-state index in [2.05, 4.69) is 0 Å². The third-order valence-electron chi connectivity index (χ3n) is 0. The van der Waals surface area contributed by atoms with Gasteiger partial charge in [0, 0.05) is 27.3 Å². The molecule has 0 aliphatic rings. The molecule has 0 fully saturated rings. The van der Waals surface area contributed by atoms with E-state index < -0.39 is 0 Å². The van der Waals surface area contributed by atoms with Gasteiger partial charge in [0.15, 0.2) is 0 Å². The first-order valence-electron chi connectivity index (χ1n) is 0. The summed E-state index contributed by atoms with van der Waals surface area (Å²) in [5, 5.41) is 0. The van der Waals surface area contributed by atoms with Gasteiger partial charge in [-0.3, -0.25) is 0 Å². The zero-order chi connectivity index (χ0) is 0. The van der Waals surface area contributed by atoms with E-state index in [1.807, 2.05) is 0 Å². The van der Waals surface area contributed by atoms with E-state index in [-0.39, 0.29) is 49.2 Å². The molecule has 0 rings (SSSR count). The van der Waals surface area contributed by atoms with Gasteiger partial charge in [-0.2, -0.15) is 0 Å². The Bertz CT molecular complexity index is 3.61. The number of hydrogen-bond donors (Lipinski definition) is 0.